The van der Waals surface area contributed by atoms with Crippen molar-refractivity contribution >= 4 is 28.2 Å². The van der Waals surface area contributed by atoms with Gasteiger partial charge in [0, 0.05) is 29.4 Å². The first-order valence-corrected chi connectivity index (χ1v) is 8.12. The topological polar surface area (TPSA) is 41.1 Å². The van der Waals surface area contributed by atoms with Crippen LogP contribution in [0.15, 0.2) is 24.3 Å². The molecule has 1 aromatic heterocycles. The molecular weight excluding hydrogens is 284 g/mol. The minimum atomic E-state index is 0.474. The van der Waals surface area contributed by atoms with E-state index in [0.717, 1.165) is 16.6 Å². The SMILES string of the molecule is Clc1nnc(NC2CCN3CCCCC23)c2ccccc12. The third kappa shape index (κ3) is 2.36. The number of rotatable bonds is 2. The molecule has 2 unspecified atom stereocenters. The van der Waals surface area contributed by atoms with Gasteiger partial charge in [0.1, 0.15) is 0 Å². The monoisotopic (exact) mass is 302 g/mol. The lowest BCUT2D eigenvalue weighted by Crippen LogP contribution is -2.41. The first-order valence-electron chi connectivity index (χ1n) is 7.74. The van der Waals surface area contributed by atoms with Crippen LogP contribution in [0.4, 0.5) is 5.82 Å². The van der Waals surface area contributed by atoms with Crippen molar-refractivity contribution in [3.63, 3.8) is 0 Å². The summed E-state index contributed by atoms with van der Waals surface area (Å²) >= 11 is 6.15. The number of halogens is 1. The molecule has 0 bridgehead atoms. The number of piperidine rings is 1. The first-order chi connectivity index (χ1) is 10.3. The minimum absolute atomic E-state index is 0.474. The highest BCUT2D eigenvalue weighted by Crippen LogP contribution is 2.31. The van der Waals surface area contributed by atoms with Crippen LogP contribution in [-0.4, -0.2) is 40.3 Å². The molecule has 2 atom stereocenters. The standard InChI is InChI=1S/C16H19ClN4/c17-15-11-5-1-2-6-12(11)16(20-19-15)18-13-8-10-21-9-4-3-7-14(13)21/h1-2,5-6,13-14H,3-4,7-10H2,(H,18,20). The van der Waals surface area contributed by atoms with Crippen molar-refractivity contribution in [3.8, 4) is 0 Å². The van der Waals surface area contributed by atoms with Crippen LogP contribution in [0.5, 0.6) is 0 Å². The molecule has 5 heteroatoms. The quantitative estimate of drug-likeness (QED) is 0.924. The molecule has 2 saturated heterocycles. The highest BCUT2D eigenvalue weighted by atomic mass is 35.5. The van der Waals surface area contributed by atoms with Crippen LogP contribution in [0.3, 0.4) is 0 Å². The van der Waals surface area contributed by atoms with Gasteiger partial charge in [0.15, 0.2) is 11.0 Å². The van der Waals surface area contributed by atoms with Gasteiger partial charge in [-0.1, -0.05) is 42.3 Å². The van der Waals surface area contributed by atoms with Gasteiger partial charge in [-0.2, -0.15) is 0 Å². The maximum absolute atomic E-state index is 6.15. The van der Waals surface area contributed by atoms with Gasteiger partial charge in [-0.3, -0.25) is 4.90 Å². The van der Waals surface area contributed by atoms with Gasteiger partial charge in [-0.15, -0.1) is 10.2 Å². The molecule has 0 saturated carbocycles. The Morgan fingerprint density at radius 2 is 1.90 bits per heavy atom. The second-order valence-corrected chi connectivity index (χ2v) is 6.38. The van der Waals surface area contributed by atoms with E-state index in [1.807, 2.05) is 18.2 Å². The summed E-state index contributed by atoms with van der Waals surface area (Å²) < 4.78 is 0. The lowest BCUT2D eigenvalue weighted by atomic mass is 9.99. The normalized spacial score (nSPS) is 26.0. The Hall–Kier alpha value is -1.39. The Morgan fingerprint density at radius 1 is 1.05 bits per heavy atom. The van der Waals surface area contributed by atoms with Gasteiger partial charge < -0.3 is 5.32 Å². The fourth-order valence-corrected chi connectivity index (χ4v) is 3.97. The van der Waals surface area contributed by atoms with E-state index >= 15 is 0 Å². The summed E-state index contributed by atoms with van der Waals surface area (Å²) in [4.78, 5) is 2.62. The van der Waals surface area contributed by atoms with Gasteiger partial charge in [-0.05, 0) is 25.8 Å². The number of aromatic nitrogens is 2. The zero-order valence-corrected chi connectivity index (χ0v) is 12.7. The Bertz CT molecular complexity index is 660. The van der Waals surface area contributed by atoms with Gasteiger partial charge >= 0.3 is 0 Å². The van der Waals surface area contributed by atoms with E-state index in [9.17, 15) is 0 Å². The lowest BCUT2D eigenvalue weighted by molar-refractivity contribution is 0.192. The number of benzene rings is 1. The van der Waals surface area contributed by atoms with Gasteiger partial charge in [0.2, 0.25) is 0 Å². The molecule has 1 aromatic carbocycles. The molecule has 4 rings (SSSR count). The van der Waals surface area contributed by atoms with Crippen molar-refractivity contribution in [1.29, 1.82) is 0 Å². The van der Waals surface area contributed by atoms with Crippen molar-refractivity contribution in [3.05, 3.63) is 29.4 Å². The van der Waals surface area contributed by atoms with Crippen LogP contribution >= 0.6 is 11.6 Å². The van der Waals surface area contributed by atoms with Crippen LogP contribution in [-0.2, 0) is 0 Å². The maximum Gasteiger partial charge on any atom is 0.159 e. The second-order valence-electron chi connectivity index (χ2n) is 6.02. The van der Waals surface area contributed by atoms with E-state index in [-0.39, 0.29) is 0 Å². The number of fused-ring (bicyclic) bond motifs is 2. The van der Waals surface area contributed by atoms with Gasteiger partial charge in [0.25, 0.3) is 0 Å². The number of nitrogens with zero attached hydrogens (tertiary/aromatic N) is 3. The summed E-state index contributed by atoms with van der Waals surface area (Å²) in [5.74, 6) is 0.868. The summed E-state index contributed by atoms with van der Waals surface area (Å²) in [6.07, 6.45) is 5.15. The molecule has 0 radical (unpaired) electrons. The highest BCUT2D eigenvalue weighted by Gasteiger charge is 2.35. The summed E-state index contributed by atoms with van der Waals surface area (Å²) in [5, 5.41) is 14.5. The van der Waals surface area contributed by atoms with Crippen molar-refractivity contribution in [2.45, 2.75) is 37.8 Å². The zero-order chi connectivity index (χ0) is 14.2. The molecule has 2 fully saturated rings. The number of anilines is 1. The number of hydrogen-bond acceptors (Lipinski definition) is 4. The summed E-state index contributed by atoms with van der Waals surface area (Å²) in [7, 11) is 0. The first kappa shape index (κ1) is 13.3. The molecule has 110 valence electrons. The molecule has 4 nitrogen and oxygen atoms in total. The van der Waals surface area contributed by atoms with Crippen LogP contribution in [0.25, 0.3) is 10.8 Å². The smallest absolute Gasteiger partial charge is 0.159 e. The average Bonchev–Trinajstić information content (AvgIpc) is 2.94. The Morgan fingerprint density at radius 3 is 2.81 bits per heavy atom. The Labute approximate surface area is 129 Å². The van der Waals surface area contributed by atoms with Crippen LogP contribution in [0.2, 0.25) is 5.15 Å². The summed E-state index contributed by atoms with van der Waals surface area (Å²) in [6.45, 7) is 2.44. The largest absolute Gasteiger partial charge is 0.364 e. The molecule has 2 aromatic rings. The molecule has 3 heterocycles. The molecule has 0 amide bonds. The average molecular weight is 303 g/mol. The highest BCUT2D eigenvalue weighted by molar-refractivity contribution is 6.34. The number of nitrogens with one attached hydrogen (secondary N) is 1. The lowest BCUT2D eigenvalue weighted by Gasteiger charge is -2.32. The fraction of sp³-hybridized carbons (Fsp3) is 0.500. The van der Waals surface area contributed by atoms with Gasteiger partial charge in [-0.25, -0.2) is 0 Å². The van der Waals surface area contributed by atoms with Crippen molar-refractivity contribution in [1.82, 2.24) is 15.1 Å². The van der Waals surface area contributed by atoms with E-state index in [0.29, 0.717) is 17.2 Å². The molecular formula is C16H19ClN4. The van der Waals surface area contributed by atoms with Crippen LogP contribution in [0.1, 0.15) is 25.7 Å². The van der Waals surface area contributed by atoms with E-state index in [2.05, 4.69) is 26.5 Å². The van der Waals surface area contributed by atoms with E-state index in [1.54, 1.807) is 0 Å². The third-order valence-electron chi connectivity index (χ3n) is 4.82. The molecule has 0 aliphatic carbocycles. The fourth-order valence-electron chi connectivity index (χ4n) is 3.77. The Kier molecular flexibility index (Phi) is 3.43. The van der Waals surface area contributed by atoms with E-state index < -0.39 is 0 Å². The third-order valence-corrected chi connectivity index (χ3v) is 5.10. The van der Waals surface area contributed by atoms with Crippen molar-refractivity contribution < 1.29 is 0 Å². The molecule has 21 heavy (non-hydrogen) atoms. The van der Waals surface area contributed by atoms with Gasteiger partial charge in [0.05, 0.1) is 0 Å². The molecule has 2 aliphatic rings. The molecule has 2 aliphatic heterocycles. The van der Waals surface area contributed by atoms with E-state index in [1.165, 1.54) is 38.8 Å². The van der Waals surface area contributed by atoms with E-state index in [4.69, 9.17) is 11.6 Å². The minimum Gasteiger partial charge on any atom is -0.364 e. The zero-order valence-electron chi connectivity index (χ0n) is 11.9. The molecule has 1 N–H and O–H groups in total. The van der Waals surface area contributed by atoms with Crippen LogP contribution in [0, 0.1) is 0 Å². The van der Waals surface area contributed by atoms with Crippen molar-refractivity contribution in [2.75, 3.05) is 18.4 Å². The predicted molar refractivity (Wildman–Crippen MR) is 85.8 cm³/mol. The predicted octanol–water partition coefficient (Wildman–Crippen LogP) is 3.32. The summed E-state index contributed by atoms with van der Waals surface area (Å²) in [6, 6.07) is 9.19. The van der Waals surface area contributed by atoms with Crippen molar-refractivity contribution in [2.24, 2.45) is 0 Å². The van der Waals surface area contributed by atoms with Crippen LogP contribution < -0.4 is 5.32 Å². The number of hydrogen-bond donors (Lipinski definition) is 1. The Balaban J connectivity index is 1.64. The second kappa shape index (κ2) is 5.43. The summed E-state index contributed by atoms with van der Waals surface area (Å²) in [5.41, 5.74) is 0. The maximum atomic E-state index is 6.15. The molecule has 0 spiro atoms.